The summed E-state index contributed by atoms with van der Waals surface area (Å²) in [5, 5.41) is 5.88. The van der Waals surface area contributed by atoms with Gasteiger partial charge in [0.1, 0.15) is 0 Å². The van der Waals surface area contributed by atoms with Crippen molar-refractivity contribution in [2.75, 3.05) is 5.32 Å². The molecule has 0 fully saturated rings. The second-order valence-electron chi connectivity index (χ2n) is 5.83. The fourth-order valence-electron chi connectivity index (χ4n) is 3.18. The fourth-order valence-corrected chi connectivity index (χ4v) is 3.18. The van der Waals surface area contributed by atoms with Crippen LogP contribution in [-0.4, -0.2) is 11.8 Å². The van der Waals surface area contributed by atoms with Gasteiger partial charge in [0.25, 0.3) is 0 Å². The standard InChI is InChI=1S/C19H20N2O2/c1-3-15-16-6-4-5-7-17(16)18(21-19(15)23)13-8-10-14(11-9-13)20-12(2)22/h4-11,15,18H,3H2,1-2H3,(H,20,22)(H,21,23). The van der Waals surface area contributed by atoms with E-state index in [1.807, 2.05) is 49.4 Å². The Morgan fingerprint density at radius 2 is 1.74 bits per heavy atom. The molecule has 1 aliphatic rings. The van der Waals surface area contributed by atoms with E-state index < -0.39 is 0 Å². The van der Waals surface area contributed by atoms with E-state index in [0.717, 1.165) is 28.8 Å². The highest BCUT2D eigenvalue weighted by Crippen LogP contribution is 2.36. The van der Waals surface area contributed by atoms with Gasteiger partial charge in [0.2, 0.25) is 11.8 Å². The van der Waals surface area contributed by atoms with Gasteiger partial charge in [-0.05, 0) is 35.2 Å². The van der Waals surface area contributed by atoms with E-state index in [9.17, 15) is 9.59 Å². The summed E-state index contributed by atoms with van der Waals surface area (Å²) in [5.74, 6) is -0.108. The van der Waals surface area contributed by atoms with Crippen LogP contribution in [0.4, 0.5) is 5.69 Å². The third-order valence-corrected chi connectivity index (χ3v) is 4.26. The van der Waals surface area contributed by atoms with E-state index in [0.29, 0.717) is 0 Å². The van der Waals surface area contributed by atoms with Gasteiger partial charge in [-0.3, -0.25) is 9.59 Å². The number of hydrogen-bond donors (Lipinski definition) is 2. The average molecular weight is 308 g/mol. The summed E-state index contributed by atoms with van der Waals surface area (Å²) in [7, 11) is 0. The minimum absolute atomic E-state index is 0.0714. The number of rotatable bonds is 3. The minimum Gasteiger partial charge on any atom is -0.345 e. The van der Waals surface area contributed by atoms with Gasteiger partial charge in [0.15, 0.2) is 0 Å². The number of carbonyl (C=O) groups excluding carboxylic acids is 2. The van der Waals surface area contributed by atoms with Crippen molar-refractivity contribution < 1.29 is 9.59 Å². The van der Waals surface area contributed by atoms with Crippen LogP contribution in [0.15, 0.2) is 48.5 Å². The number of hydrogen-bond acceptors (Lipinski definition) is 2. The second-order valence-corrected chi connectivity index (χ2v) is 5.83. The number of carbonyl (C=O) groups is 2. The highest BCUT2D eigenvalue weighted by molar-refractivity contribution is 5.89. The lowest BCUT2D eigenvalue weighted by atomic mass is 9.82. The number of nitrogens with one attached hydrogen (secondary N) is 2. The Hall–Kier alpha value is -2.62. The molecular weight excluding hydrogens is 288 g/mol. The van der Waals surface area contributed by atoms with E-state index in [1.54, 1.807) is 0 Å². The van der Waals surface area contributed by atoms with Gasteiger partial charge in [-0.15, -0.1) is 0 Å². The van der Waals surface area contributed by atoms with E-state index in [2.05, 4.69) is 16.7 Å². The molecule has 23 heavy (non-hydrogen) atoms. The van der Waals surface area contributed by atoms with Crippen LogP contribution in [-0.2, 0) is 9.59 Å². The smallest absolute Gasteiger partial charge is 0.228 e. The Morgan fingerprint density at radius 1 is 1.09 bits per heavy atom. The van der Waals surface area contributed by atoms with Crippen molar-refractivity contribution in [3.8, 4) is 0 Å². The lowest BCUT2D eigenvalue weighted by Crippen LogP contribution is -2.38. The molecule has 0 bridgehead atoms. The molecule has 4 heteroatoms. The summed E-state index contributed by atoms with van der Waals surface area (Å²) in [6.45, 7) is 3.51. The number of amides is 2. The summed E-state index contributed by atoms with van der Waals surface area (Å²) in [6.07, 6.45) is 0.789. The van der Waals surface area contributed by atoms with Crippen molar-refractivity contribution in [3.05, 3.63) is 65.2 Å². The van der Waals surface area contributed by atoms with E-state index in [1.165, 1.54) is 6.92 Å². The molecule has 0 aliphatic carbocycles. The molecule has 118 valence electrons. The Morgan fingerprint density at radius 3 is 2.35 bits per heavy atom. The van der Waals surface area contributed by atoms with Crippen LogP contribution in [0, 0.1) is 0 Å². The quantitative estimate of drug-likeness (QED) is 0.913. The van der Waals surface area contributed by atoms with Gasteiger partial charge in [-0.25, -0.2) is 0 Å². The topological polar surface area (TPSA) is 58.2 Å². The van der Waals surface area contributed by atoms with Crippen LogP contribution in [0.2, 0.25) is 0 Å². The maximum Gasteiger partial charge on any atom is 0.228 e. The van der Waals surface area contributed by atoms with Crippen LogP contribution in [0.1, 0.15) is 48.9 Å². The molecule has 3 rings (SSSR count). The zero-order valence-electron chi connectivity index (χ0n) is 13.3. The zero-order chi connectivity index (χ0) is 16.4. The molecule has 0 saturated carbocycles. The average Bonchev–Trinajstić information content (AvgIpc) is 2.54. The predicted octanol–water partition coefficient (Wildman–Crippen LogP) is 3.36. The van der Waals surface area contributed by atoms with Crippen LogP contribution >= 0.6 is 0 Å². The second kappa shape index (κ2) is 6.24. The first-order valence-electron chi connectivity index (χ1n) is 7.87. The highest BCUT2D eigenvalue weighted by atomic mass is 16.2. The molecule has 4 nitrogen and oxygen atoms in total. The molecule has 1 heterocycles. The molecule has 0 radical (unpaired) electrons. The third-order valence-electron chi connectivity index (χ3n) is 4.26. The van der Waals surface area contributed by atoms with Gasteiger partial charge in [-0.2, -0.15) is 0 Å². The summed E-state index contributed by atoms with van der Waals surface area (Å²) >= 11 is 0. The van der Waals surface area contributed by atoms with Crippen LogP contribution < -0.4 is 10.6 Å². The fraction of sp³-hybridized carbons (Fsp3) is 0.263. The van der Waals surface area contributed by atoms with Crippen molar-refractivity contribution in [3.63, 3.8) is 0 Å². The van der Waals surface area contributed by atoms with Crippen LogP contribution in [0.5, 0.6) is 0 Å². The predicted molar refractivity (Wildman–Crippen MR) is 90.2 cm³/mol. The Labute approximate surface area is 135 Å². The maximum absolute atomic E-state index is 12.4. The Kier molecular flexibility index (Phi) is 4.15. The van der Waals surface area contributed by atoms with E-state index in [-0.39, 0.29) is 23.8 Å². The normalized spacial score (nSPS) is 19.7. The van der Waals surface area contributed by atoms with Crippen LogP contribution in [0.25, 0.3) is 0 Å². The molecule has 0 saturated heterocycles. The van der Waals surface area contributed by atoms with Gasteiger partial charge in [-0.1, -0.05) is 43.3 Å². The van der Waals surface area contributed by atoms with Gasteiger partial charge >= 0.3 is 0 Å². The summed E-state index contributed by atoms with van der Waals surface area (Å²) < 4.78 is 0. The molecule has 2 atom stereocenters. The molecular formula is C19H20N2O2. The molecule has 1 aliphatic heterocycles. The van der Waals surface area contributed by atoms with Crippen molar-refractivity contribution in [1.29, 1.82) is 0 Å². The lowest BCUT2D eigenvalue weighted by Gasteiger charge is -2.32. The van der Waals surface area contributed by atoms with E-state index >= 15 is 0 Å². The Bertz CT molecular complexity index is 737. The highest BCUT2D eigenvalue weighted by Gasteiger charge is 2.32. The molecule has 2 aromatic carbocycles. The first kappa shape index (κ1) is 15.3. The van der Waals surface area contributed by atoms with Crippen LogP contribution in [0.3, 0.4) is 0 Å². The van der Waals surface area contributed by atoms with Crippen molar-refractivity contribution >= 4 is 17.5 Å². The van der Waals surface area contributed by atoms with Gasteiger partial charge in [0, 0.05) is 12.6 Å². The molecule has 2 aromatic rings. The molecule has 0 spiro atoms. The monoisotopic (exact) mass is 308 g/mol. The minimum atomic E-state index is -0.145. The largest absolute Gasteiger partial charge is 0.345 e. The third kappa shape index (κ3) is 2.97. The molecule has 2 amide bonds. The molecule has 2 N–H and O–H groups in total. The summed E-state index contributed by atoms with van der Waals surface area (Å²) in [6, 6.07) is 15.6. The summed E-state index contributed by atoms with van der Waals surface area (Å²) in [4.78, 5) is 23.5. The van der Waals surface area contributed by atoms with Crippen molar-refractivity contribution in [1.82, 2.24) is 5.32 Å². The number of fused-ring (bicyclic) bond motifs is 1. The number of benzene rings is 2. The molecule has 0 aromatic heterocycles. The van der Waals surface area contributed by atoms with E-state index in [4.69, 9.17) is 0 Å². The summed E-state index contributed by atoms with van der Waals surface area (Å²) in [5.41, 5.74) is 4.01. The maximum atomic E-state index is 12.4. The van der Waals surface area contributed by atoms with Gasteiger partial charge < -0.3 is 10.6 Å². The first-order chi connectivity index (χ1) is 11.1. The first-order valence-corrected chi connectivity index (χ1v) is 7.87. The lowest BCUT2D eigenvalue weighted by molar-refractivity contribution is -0.123. The Balaban J connectivity index is 1.96. The zero-order valence-corrected chi connectivity index (χ0v) is 13.3. The van der Waals surface area contributed by atoms with Crippen molar-refractivity contribution in [2.24, 2.45) is 0 Å². The SMILES string of the molecule is CCC1C(=O)NC(c2ccc(NC(C)=O)cc2)c2ccccc21. The van der Waals surface area contributed by atoms with Gasteiger partial charge in [0.05, 0.1) is 12.0 Å². The molecule has 2 unspecified atom stereocenters. The number of anilines is 1. The van der Waals surface area contributed by atoms with Crippen molar-refractivity contribution in [2.45, 2.75) is 32.2 Å².